The van der Waals surface area contributed by atoms with Crippen molar-refractivity contribution in [3.63, 3.8) is 0 Å². The second-order valence-electron chi connectivity index (χ2n) is 5.29. The minimum atomic E-state index is 0.627. The molecule has 0 amide bonds. The summed E-state index contributed by atoms with van der Waals surface area (Å²) in [7, 11) is 4.07. The van der Waals surface area contributed by atoms with Crippen molar-refractivity contribution in [1.29, 1.82) is 0 Å². The molecule has 0 unspecified atom stereocenters. The highest BCUT2D eigenvalue weighted by molar-refractivity contribution is 5.82. The van der Waals surface area contributed by atoms with Crippen LogP contribution in [-0.4, -0.2) is 19.1 Å². The van der Waals surface area contributed by atoms with Crippen molar-refractivity contribution in [3.05, 3.63) is 67.1 Å². The Labute approximate surface area is 130 Å². The second kappa shape index (κ2) is 5.90. The van der Waals surface area contributed by atoms with E-state index < -0.39 is 0 Å². The number of nitrogens with zero attached hydrogens (tertiary/aromatic N) is 2. The lowest BCUT2D eigenvalue weighted by molar-refractivity contribution is 0.575. The predicted octanol–water partition coefficient (Wildman–Crippen LogP) is 4.72. The first kappa shape index (κ1) is 14.1. The van der Waals surface area contributed by atoms with E-state index in [1.165, 1.54) is 5.69 Å². The standard InChI is InChI=1S/C19H18N2O/c1-4-14-5-10-17(19-20-11-12-22-19)18(13-14)15-6-8-16(9-7-15)21(2)3/h4-13H,1H2,2-3H3. The molecule has 3 heteroatoms. The van der Waals surface area contributed by atoms with Crippen molar-refractivity contribution in [2.24, 2.45) is 0 Å². The minimum Gasteiger partial charge on any atom is -0.445 e. The number of benzene rings is 2. The van der Waals surface area contributed by atoms with Crippen LogP contribution >= 0.6 is 0 Å². The zero-order valence-electron chi connectivity index (χ0n) is 12.8. The Hall–Kier alpha value is -2.81. The molecule has 0 radical (unpaired) electrons. The number of rotatable bonds is 4. The van der Waals surface area contributed by atoms with E-state index in [9.17, 15) is 0 Å². The Balaban J connectivity index is 2.13. The number of oxazole rings is 1. The van der Waals surface area contributed by atoms with Crippen LogP contribution in [0, 0.1) is 0 Å². The van der Waals surface area contributed by atoms with Crippen LogP contribution < -0.4 is 4.90 Å². The molecule has 0 saturated heterocycles. The summed E-state index contributed by atoms with van der Waals surface area (Å²) < 4.78 is 5.47. The molecule has 3 rings (SSSR count). The van der Waals surface area contributed by atoms with Crippen LogP contribution in [0.1, 0.15) is 5.56 Å². The molecule has 22 heavy (non-hydrogen) atoms. The highest BCUT2D eigenvalue weighted by Gasteiger charge is 2.11. The van der Waals surface area contributed by atoms with Crippen LogP contribution in [0.25, 0.3) is 28.7 Å². The van der Waals surface area contributed by atoms with Gasteiger partial charge in [0.1, 0.15) is 6.26 Å². The van der Waals surface area contributed by atoms with Crippen LogP contribution in [0.2, 0.25) is 0 Å². The number of hydrogen-bond acceptors (Lipinski definition) is 3. The van der Waals surface area contributed by atoms with Crippen LogP contribution in [0.3, 0.4) is 0 Å². The second-order valence-corrected chi connectivity index (χ2v) is 5.29. The largest absolute Gasteiger partial charge is 0.445 e. The van der Waals surface area contributed by atoms with Crippen LogP contribution in [0.4, 0.5) is 5.69 Å². The summed E-state index contributed by atoms with van der Waals surface area (Å²) in [6, 6.07) is 14.6. The molecule has 0 bridgehead atoms. The first-order chi connectivity index (χ1) is 10.7. The third-order valence-corrected chi connectivity index (χ3v) is 3.64. The zero-order valence-corrected chi connectivity index (χ0v) is 12.8. The third kappa shape index (κ3) is 2.66. The van der Waals surface area contributed by atoms with Crippen LogP contribution in [-0.2, 0) is 0 Å². The van der Waals surface area contributed by atoms with E-state index in [1.807, 2.05) is 32.3 Å². The van der Waals surface area contributed by atoms with Crippen LogP contribution in [0.15, 0.2) is 65.9 Å². The van der Waals surface area contributed by atoms with Crippen molar-refractivity contribution in [1.82, 2.24) is 4.98 Å². The van der Waals surface area contributed by atoms with Gasteiger partial charge in [-0.2, -0.15) is 0 Å². The van der Waals surface area contributed by atoms with E-state index in [-0.39, 0.29) is 0 Å². The lowest BCUT2D eigenvalue weighted by Gasteiger charge is -2.14. The van der Waals surface area contributed by atoms with Gasteiger partial charge >= 0.3 is 0 Å². The normalized spacial score (nSPS) is 10.5. The lowest BCUT2D eigenvalue weighted by atomic mass is 9.97. The maximum atomic E-state index is 5.47. The summed E-state index contributed by atoms with van der Waals surface area (Å²) in [5.41, 5.74) is 5.43. The van der Waals surface area contributed by atoms with E-state index in [0.29, 0.717) is 5.89 Å². The van der Waals surface area contributed by atoms with Gasteiger partial charge in [0.25, 0.3) is 0 Å². The molecule has 0 atom stereocenters. The predicted molar refractivity (Wildman–Crippen MR) is 91.8 cm³/mol. The molecule has 0 aliphatic carbocycles. The van der Waals surface area contributed by atoms with E-state index in [4.69, 9.17) is 4.42 Å². The highest BCUT2D eigenvalue weighted by Crippen LogP contribution is 2.33. The van der Waals surface area contributed by atoms with Gasteiger partial charge in [-0.15, -0.1) is 0 Å². The molecule has 0 N–H and O–H groups in total. The molecule has 0 spiro atoms. The van der Waals surface area contributed by atoms with E-state index in [0.717, 1.165) is 22.3 Å². The molecule has 0 aliphatic heterocycles. The summed E-state index contributed by atoms with van der Waals surface area (Å²) >= 11 is 0. The van der Waals surface area contributed by atoms with Gasteiger partial charge in [0.15, 0.2) is 0 Å². The molecular formula is C19H18N2O. The fraction of sp³-hybridized carbons (Fsp3) is 0.105. The molecule has 1 aromatic heterocycles. The van der Waals surface area contributed by atoms with Gasteiger partial charge in [-0.05, 0) is 41.0 Å². The first-order valence-corrected chi connectivity index (χ1v) is 7.13. The zero-order chi connectivity index (χ0) is 15.5. The monoisotopic (exact) mass is 290 g/mol. The van der Waals surface area contributed by atoms with E-state index in [1.54, 1.807) is 12.5 Å². The van der Waals surface area contributed by atoms with Crippen molar-refractivity contribution < 1.29 is 4.42 Å². The first-order valence-electron chi connectivity index (χ1n) is 7.13. The van der Waals surface area contributed by atoms with E-state index >= 15 is 0 Å². The molecular weight excluding hydrogens is 272 g/mol. The Morgan fingerprint density at radius 3 is 2.41 bits per heavy atom. The smallest absolute Gasteiger partial charge is 0.226 e. The summed E-state index contributed by atoms with van der Waals surface area (Å²) in [5.74, 6) is 0.627. The SMILES string of the molecule is C=Cc1ccc(-c2ncco2)c(-c2ccc(N(C)C)cc2)c1. The fourth-order valence-corrected chi connectivity index (χ4v) is 2.41. The lowest BCUT2D eigenvalue weighted by Crippen LogP contribution is -2.07. The summed E-state index contributed by atoms with van der Waals surface area (Å²) in [6.07, 6.45) is 5.10. The van der Waals surface area contributed by atoms with Gasteiger partial charge in [0.2, 0.25) is 5.89 Å². The van der Waals surface area contributed by atoms with Crippen molar-refractivity contribution >= 4 is 11.8 Å². The number of hydrogen-bond donors (Lipinski definition) is 0. The number of anilines is 1. The minimum absolute atomic E-state index is 0.627. The summed E-state index contributed by atoms with van der Waals surface area (Å²) in [4.78, 5) is 6.36. The molecule has 1 heterocycles. The Bertz CT molecular complexity index is 772. The third-order valence-electron chi connectivity index (χ3n) is 3.64. The maximum Gasteiger partial charge on any atom is 0.226 e. The van der Waals surface area contributed by atoms with Crippen LogP contribution in [0.5, 0.6) is 0 Å². The Morgan fingerprint density at radius 1 is 1.05 bits per heavy atom. The molecule has 3 aromatic rings. The van der Waals surface area contributed by atoms with Crippen molar-refractivity contribution in [2.75, 3.05) is 19.0 Å². The van der Waals surface area contributed by atoms with Crippen molar-refractivity contribution in [2.45, 2.75) is 0 Å². The van der Waals surface area contributed by atoms with Crippen molar-refractivity contribution in [3.8, 4) is 22.6 Å². The maximum absolute atomic E-state index is 5.47. The van der Waals surface area contributed by atoms with Gasteiger partial charge in [-0.1, -0.05) is 30.9 Å². The Kier molecular flexibility index (Phi) is 3.79. The van der Waals surface area contributed by atoms with Gasteiger partial charge in [0, 0.05) is 25.3 Å². The molecule has 0 aliphatic rings. The van der Waals surface area contributed by atoms with Gasteiger partial charge in [-0.3, -0.25) is 0 Å². The molecule has 2 aromatic carbocycles. The number of aromatic nitrogens is 1. The fourth-order valence-electron chi connectivity index (χ4n) is 2.41. The molecule has 0 fully saturated rings. The molecule has 0 saturated carbocycles. The average Bonchev–Trinajstić information content (AvgIpc) is 3.08. The van der Waals surface area contributed by atoms with Gasteiger partial charge < -0.3 is 9.32 Å². The summed E-state index contributed by atoms with van der Waals surface area (Å²) in [5, 5.41) is 0. The highest BCUT2D eigenvalue weighted by atomic mass is 16.3. The van der Waals surface area contributed by atoms with Gasteiger partial charge in [0.05, 0.1) is 6.20 Å². The molecule has 110 valence electrons. The Morgan fingerprint density at radius 2 is 1.82 bits per heavy atom. The topological polar surface area (TPSA) is 29.3 Å². The quantitative estimate of drug-likeness (QED) is 0.696. The van der Waals surface area contributed by atoms with E-state index in [2.05, 4.69) is 46.8 Å². The summed E-state index contributed by atoms with van der Waals surface area (Å²) in [6.45, 7) is 3.85. The average molecular weight is 290 g/mol. The van der Waals surface area contributed by atoms with Gasteiger partial charge in [-0.25, -0.2) is 4.98 Å². The molecule has 3 nitrogen and oxygen atoms in total.